The Hall–Kier alpha value is -3.09. The molecule has 0 saturated carbocycles. The summed E-state index contributed by atoms with van der Waals surface area (Å²) in [5, 5.41) is 3.12. The number of carbonyl (C=O) groups excluding carboxylic acids is 1. The SMILES string of the molecule is NN(C(=O)c1cnc2ccccc2n1)c1ccccc1-c1cccs1. The Labute approximate surface area is 148 Å². The van der Waals surface area contributed by atoms with Crippen LogP contribution >= 0.6 is 11.3 Å². The second kappa shape index (κ2) is 6.43. The van der Waals surface area contributed by atoms with Crippen molar-refractivity contribution in [2.24, 2.45) is 5.84 Å². The van der Waals surface area contributed by atoms with Crippen molar-refractivity contribution < 1.29 is 4.79 Å². The van der Waals surface area contributed by atoms with Crippen LogP contribution < -0.4 is 10.9 Å². The zero-order valence-corrected chi connectivity index (χ0v) is 14.0. The van der Waals surface area contributed by atoms with E-state index < -0.39 is 5.91 Å². The van der Waals surface area contributed by atoms with E-state index in [1.807, 2.05) is 66.0 Å². The fourth-order valence-corrected chi connectivity index (χ4v) is 3.38. The predicted octanol–water partition coefficient (Wildman–Crippen LogP) is 3.88. The highest BCUT2D eigenvalue weighted by molar-refractivity contribution is 7.13. The van der Waals surface area contributed by atoms with Gasteiger partial charge in [0.05, 0.1) is 22.9 Å². The number of anilines is 1. The van der Waals surface area contributed by atoms with E-state index in [0.29, 0.717) is 11.2 Å². The fraction of sp³-hybridized carbons (Fsp3) is 0. The number of benzene rings is 2. The molecule has 2 heterocycles. The number of hydrogen-bond donors (Lipinski definition) is 1. The molecule has 122 valence electrons. The van der Waals surface area contributed by atoms with E-state index in [1.54, 1.807) is 11.3 Å². The number of aromatic nitrogens is 2. The summed E-state index contributed by atoms with van der Waals surface area (Å²) in [4.78, 5) is 22.5. The highest BCUT2D eigenvalue weighted by atomic mass is 32.1. The van der Waals surface area contributed by atoms with Crippen LogP contribution in [0.3, 0.4) is 0 Å². The Morgan fingerprint density at radius 2 is 1.72 bits per heavy atom. The van der Waals surface area contributed by atoms with Gasteiger partial charge in [0.1, 0.15) is 5.69 Å². The van der Waals surface area contributed by atoms with Crippen molar-refractivity contribution in [1.29, 1.82) is 0 Å². The van der Waals surface area contributed by atoms with E-state index in [4.69, 9.17) is 5.84 Å². The molecule has 2 N–H and O–H groups in total. The smallest absolute Gasteiger partial charge is 0.265 e. The third-order valence-corrected chi connectivity index (χ3v) is 4.74. The Kier molecular flexibility index (Phi) is 3.97. The molecule has 0 fully saturated rings. The maximum Gasteiger partial charge on any atom is 0.292 e. The molecule has 4 rings (SSSR count). The molecule has 0 saturated heterocycles. The third-order valence-electron chi connectivity index (χ3n) is 3.84. The van der Waals surface area contributed by atoms with Gasteiger partial charge in [-0.05, 0) is 29.6 Å². The van der Waals surface area contributed by atoms with Gasteiger partial charge in [0.2, 0.25) is 0 Å². The molecule has 0 radical (unpaired) electrons. The molecule has 1 amide bonds. The van der Waals surface area contributed by atoms with Crippen LogP contribution in [0, 0.1) is 0 Å². The lowest BCUT2D eigenvalue weighted by Crippen LogP contribution is -2.38. The van der Waals surface area contributed by atoms with Crippen molar-refractivity contribution in [1.82, 2.24) is 9.97 Å². The van der Waals surface area contributed by atoms with E-state index in [-0.39, 0.29) is 5.69 Å². The second-order valence-corrected chi connectivity index (χ2v) is 6.36. The first-order valence-electron chi connectivity index (χ1n) is 7.68. The summed E-state index contributed by atoms with van der Waals surface area (Å²) in [5.74, 6) is 5.74. The molecule has 0 aliphatic rings. The van der Waals surface area contributed by atoms with E-state index in [0.717, 1.165) is 21.0 Å². The van der Waals surface area contributed by atoms with Gasteiger partial charge in [0.25, 0.3) is 5.91 Å². The minimum atomic E-state index is -0.401. The summed E-state index contributed by atoms with van der Waals surface area (Å²) >= 11 is 1.60. The topological polar surface area (TPSA) is 72.1 Å². The molecule has 5 nitrogen and oxygen atoms in total. The second-order valence-electron chi connectivity index (χ2n) is 5.41. The fourth-order valence-electron chi connectivity index (χ4n) is 2.62. The summed E-state index contributed by atoms with van der Waals surface area (Å²) < 4.78 is 0. The van der Waals surface area contributed by atoms with Crippen LogP contribution in [0.2, 0.25) is 0 Å². The Balaban J connectivity index is 1.73. The largest absolute Gasteiger partial charge is 0.292 e. The molecule has 0 aliphatic heterocycles. The molecule has 0 atom stereocenters. The number of nitrogens with two attached hydrogens (primary N) is 1. The molecule has 0 spiro atoms. The first kappa shape index (κ1) is 15.4. The van der Waals surface area contributed by atoms with Crippen LogP contribution in [0.25, 0.3) is 21.5 Å². The maximum atomic E-state index is 12.8. The number of amides is 1. The zero-order valence-electron chi connectivity index (χ0n) is 13.2. The molecule has 2 aromatic carbocycles. The van der Waals surface area contributed by atoms with Crippen LogP contribution in [0.1, 0.15) is 10.5 Å². The Bertz CT molecular complexity index is 1050. The normalized spacial score (nSPS) is 10.8. The van der Waals surface area contributed by atoms with Gasteiger partial charge in [0, 0.05) is 10.4 Å². The number of thiophene rings is 1. The summed E-state index contributed by atoms with van der Waals surface area (Å²) in [6, 6.07) is 18.9. The van der Waals surface area contributed by atoms with Gasteiger partial charge in [-0.1, -0.05) is 36.4 Å². The minimum absolute atomic E-state index is 0.210. The minimum Gasteiger partial charge on any atom is -0.265 e. The standard InChI is InChI=1S/C19H14N4OS/c20-23(17-9-4-1-6-13(17)18-10-5-11-25-18)19(24)16-12-21-14-7-2-3-8-15(14)22-16/h1-12H,20H2. The van der Waals surface area contributed by atoms with E-state index >= 15 is 0 Å². The lowest BCUT2D eigenvalue weighted by molar-refractivity contribution is 0.0982. The molecule has 2 aromatic heterocycles. The number of hydrazine groups is 1. The molecule has 0 bridgehead atoms. The molecular weight excluding hydrogens is 332 g/mol. The van der Waals surface area contributed by atoms with Crippen LogP contribution in [0.5, 0.6) is 0 Å². The van der Waals surface area contributed by atoms with Crippen LogP contribution in [-0.4, -0.2) is 15.9 Å². The molecule has 4 aromatic rings. The number of fused-ring (bicyclic) bond motifs is 1. The highest BCUT2D eigenvalue weighted by Crippen LogP contribution is 2.33. The van der Waals surface area contributed by atoms with Crippen molar-refractivity contribution in [2.45, 2.75) is 0 Å². The first-order valence-corrected chi connectivity index (χ1v) is 8.56. The van der Waals surface area contributed by atoms with E-state index in [1.165, 1.54) is 6.20 Å². The average molecular weight is 346 g/mol. The summed E-state index contributed by atoms with van der Waals surface area (Å²) in [7, 11) is 0. The lowest BCUT2D eigenvalue weighted by atomic mass is 10.1. The molecule has 0 aliphatic carbocycles. The average Bonchev–Trinajstić information content (AvgIpc) is 3.21. The van der Waals surface area contributed by atoms with Gasteiger partial charge >= 0.3 is 0 Å². The van der Waals surface area contributed by atoms with Crippen LogP contribution in [0.4, 0.5) is 5.69 Å². The van der Waals surface area contributed by atoms with Crippen molar-refractivity contribution >= 4 is 34.0 Å². The van der Waals surface area contributed by atoms with E-state index in [2.05, 4.69) is 9.97 Å². The van der Waals surface area contributed by atoms with Crippen molar-refractivity contribution in [3.63, 3.8) is 0 Å². The number of para-hydroxylation sites is 3. The van der Waals surface area contributed by atoms with E-state index in [9.17, 15) is 4.79 Å². The van der Waals surface area contributed by atoms with Crippen molar-refractivity contribution in [3.8, 4) is 10.4 Å². The molecule has 25 heavy (non-hydrogen) atoms. The summed E-state index contributed by atoms with van der Waals surface area (Å²) in [5.41, 5.74) is 3.14. The number of rotatable bonds is 3. The molecule has 6 heteroatoms. The Morgan fingerprint density at radius 1 is 0.960 bits per heavy atom. The van der Waals surface area contributed by atoms with Crippen molar-refractivity contribution in [3.05, 3.63) is 77.9 Å². The Morgan fingerprint density at radius 3 is 2.52 bits per heavy atom. The van der Waals surface area contributed by atoms with Gasteiger partial charge in [-0.2, -0.15) is 0 Å². The lowest BCUT2D eigenvalue weighted by Gasteiger charge is -2.19. The first-order chi connectivity index (χ1) is 12.2. The highest BCUT2D eigenvalue weighted by Gasteiger charge is 2.20. The maximum absolute atomic E-state index is 12.8. The quantitative estimate of drug-likeness (QED) is 0.347. The number of nitrogens with zero attached hydrogens (tertiary/aromatic N) is 3. The summed E-state index contributed by atoms with van der Waals surface area (Å²) in [6.45, 7) is 0. The van der Waals surface area contributed by atoms with Gasteiger partial charge in [-0.15, -0.1) is 11.3 Å². The monoisotopic (exact) mass is 346 g/mol. The van der Waals surface area contributed by atoms with Gasteiger partial charge in [-0.25, -0.2) is 15.8 Å². The molecular formula is C19H14N4OS. The van der Waals surface area contributed by atoms with Crippen LogP contribution in [-0.2, 0) is 0 Å². The zero-order chi connectivity index (χ0) is 17.2. The van der Waals surface area contributed by atoms with Gasteiger partial charge in [-0.3, -0.25) is 9.78 Å². The van der Waals surface area contributed by atoms with Gasteiger partial charge in [0.15, 0.2) is 0 Å². The summed E-state index contributed by atoms with van der Waals surface area (Å²) in [6.07, 6.45) is 1.46. The predicted molar refractivity (Wildman–Crippen MR) is 100 cm³/mol. The third kappa shape index (κ3) is 2.88. The number of hydrogen-bond acceptors (Lipinski definition) is 5. The van der Waals surface area contributed by atoms with Crippen molar-refractivity contribution in [2.75, 3.05) is 5.01 Å². The van der Waals surface area contributed by atoms with Gasteiger partial charge < -0.3 is 0 Å². The number of carbonyl (C=O) groups is 1. The van der Waals surface area contributed by atoms with Crippen LogP contribution in [0.15, 0.2) is 72.2 Å². The molecule has 0 unspecified atom stereocenters.